The van der Waals surface area contributed by atoms with Gasteiger partial charge in [0.25, 0.3) is 0 Å². The van der Waals surface area contributed by atoms with E-state index in [-0.39, 0.29) is 5.56 Å². The highest BCUT2D eigenvalue weighted by Gasteiger charge is 2.12. The highest BCUT2D eigenvalue weighted by Crippen LogP contribution is 2.35. The molecule has 0 amide bonds. The Hall–Kier alpha value is -3.35. The zero-order valence-corrected chi connectivity index (χ0v) is 17.3. The molecule has 0 radical (unpaired) electrons. The summed E-state index contributed by atoms with van der Waals surface area (Å²) in [4.78, 5) is 15.6. The van der Waals surface area contributed by atoms with Gasteiger partial charge in [-0.05, 0) is 48.0 Å². The number of aromatic nitrogens is 1. The third-order valence-corrected chi connectivity index (χ3v) is 5.33. The molecule has 0 aliphatic rings. The minimum Gasteiger partial charge on any atom is -0.488 e. The molecule has 5 nitrogen and oxygen atoms in total. The van der Waals surface area contributed by atoms with E-state index < -0.39 is 5.97 Å². The molecule has 0 bridgehead atoms. The molecule has 150 valence electrons. The summed E-state index contributed by atoms with van der Waals surface area (Å²) in [5.41, 5.74) is 3.62. The van der Waals surface area contributed by atoms with Crippen molar-refractivity contribution in [3.05, 3.63) is 94.3 Å². The smallest absolute Gasteiger partial charge is 0.335 e. The lowest BCUT2D eigenvalue weighted by atomic mass is 10.1. The fraction of sp³-hybridized carbons (Fsp3) is 0.0435. The van der Waals surface area contributed by atoms with Gasteiger partial charge in [0.05, 0.1) is 11.3 Å². The number of hydrogen-bond donors (Lipinski definition) is 2. The number of hydrogen-bond acceptors (Lipinski definition) is 5. The maximum atomic E-state index is 11.0. The van der Waals surface area contributed by atoms with E-state index in [9.17, 15) is 4.79 Å². The number of rotatable bonds is 7. The standard InChI is InChI=1S/C23H17ClN2O3S/c24-17-8-11-21(29-13-15-4-2-1-3-5-15)19(12-17)20-14-30-23(26-20)25-18-9-6-16(7-10-18)22(27)28/h1-12,14H,13H2,(H,25,26)(H,27,28). The van der Waals surface area contributed by atoms with Crippen molar-refractivity contribution < 1.29 is 14.6 Å². The Balaban J connectivity index is 1.53. The summed E-state index contributed by atoms with van der Waals surface area (Å²) in [5.74, 6) is -0.256. The van der Waals surface area contributed by atoms with Gasteiger partial charge in [-0.2, -0.15) is 0 Å². The van der Waals surface area contributed by atoms with Crippen molar-refractivity contribution in [2.75, 3.05) is 5.32 Å². The monoisotopic (exact) mass is 436 g/mol. The van der Waals surface area contributed by atoms with Crippen LogP contribution < -0.4 is 10.1 Å². The van der Waals surface area contributed by atoms with Crippen LogP contribution in [0.5, 0.6) is 5.75 Å². The van der Waals surface area contributed by atoms with Gasteiger partial charge in [-0.3, -0.25) is 0 Å². The molecule has 4 rings (SSSR count). The van der Waals surface area contributed by atoms with Gasteiger partial charge in [-0.1, -0.05) is 41.9 Å². The zero-order chi connectivity index (χ0) is 20.9. The molecule has 1 heterocycles. The van der Waals surface area contributed by atoms with Crippen molar-refractivity contribution in [1.82, 2.24) is 4.98 Å². The van der Waals surface area contributed by atoms with Crippen molar-refractivity contribution in [3.63, 3.8) is 0 Å². The summed E-state index contributed by atoms with van der Waals surface area (Å²) in [6.45, 7) is 0.445. The van der Waals surface area contributed by atoms with E-state index in [1.165, 1.54) is 11.3 Å². The number of thiazole rings is 1. The second kappa shape index (κ2) is 8.98. The van der Waals surface area contributed by atoms with Crippen molar-refractivity contribution >= 4 is 39.7 Å². The average molecular weight is 437 g/mol. The van der Waals surface area contributed by atoms with Crippen molar-refractivity contribution in [2.45, 2.75) is 6.61 Å². The molecule has 0 saturated heterocycles. The third-order valence-electron chi connectivity index (χ3n) is 4.34. The summed E-state index contributed by atoms with van der Waals surface area (Å²) >= 11 is 7.66. The van der Waals surface area contributed by atoms with Crippen LogP contribution in [0, 0.1) is 0 Å². The number of benzene rings is 3. The van der Waals surface area contributed by atoms with Crippen molar-refractivity contribution in [1.29, 1.82) is 0 Å². The molecule has 0 aliphatic heterocycles. The summed E-state index contributed by atoms with van der Waals surface area (Å²) in [5, 5.41) is 15.4. The predicted octanol–water partition coefficient (Wildman–Crippen LogP) is 6.48. The van der Waals surface area contributed by atoms with Crippen LogP contribution in [0.15, 0.2) is 78.2 Å². The largest absolute Gasteiger partial charge is 0.488 e. The molecule has 7 heteroatoms. The molecule has 0 unspecified atom stereocenters. The first kappa shape index (κ1) is 19.9. The van der Waals surface area contributed by atoms with E-state index >= 15 is 0 Å². The number of carboxylic acid groups (broad SMARTS) is 1. The van der Waals surface area contributed by atoms with E-state index in [0.29, 0.717) is 22.5 Å². The molecule has 0 fully saturated rings. The summed E-state index contributed by atoms with van der Waals surface area (Å²) in [6.07, 6.45) is 0. The van der Waals surface area contributed by atoms with Crippen LogP contribution in [-0.4, -0.2) is 16.1 Å². The van der Waals surface area contributed by atoms with Crippen molar-refractivity contribution in [2.24, 2.45) is 0 Å². The Bertz CT molecular complexity index is 1160. The first-order chi connectivity index (χ1) is 14.6. The van der Waals surface area contributed by atoms with E-state index in [2.05, 4.69) is 10.3 Å². The maximum absolute atomic E-state index is 11.0. The highest BCUT2D eigenvalue weighted by molar-refractivity contribution is 7.14. The van der Waals surface area contributed by atoms with Gasteiger partial charge < -0.3 is 15.2 Å². The second-order valence-corrected chi connectivity index (χ2v) is 7.75. The molecular weight excluding hydrogens is 420 g/mol. The molecular formula is C23H17ClN2O3S. The van der Waals surface area contributed by atoms with Gasteiger partial charge in [0.15, 0.2) is 5.13 Å². The maximum Gasteiger partial charge on any atom is 0.335 e. The lowest BCUT2D eigenvalue weighted by molar-refractivity contribution is 0.0697. The Labute approximate surface area is 182 Å². The van der Waals surface area contributed by atoms with Crippen LogP contribution in [-0.2, 0) is 6.61 Å². The quantitative estimate of drug-likeness (QED) is 0.346. The number of carbonyl (C=O) groups is 1. The number of carboxylic acids is 1. The molecule has 4 aromatic rings. The molecule has 30 heavy (non-hydrogen) atoms. The molecule has 2 N–H and O–H groups in total. The van der Waals surface area contributed by atoms with Crippen LogP contribution in [0.3, 0.4) is 0 Å². The Morgan fingerprint density at radius 1 is 1.07 bits per heavy atom. The fourth-order valence-corrected chi connectivity index (χ4v) is 3.74. The molecule has 0 atom stereocenters. The Morgan fingerprint density at radius 2 is 1.83 bits per heavy atom. The molecule has 0 saturated carbocycles. The lowest BCUT2D eigenvalue weighted by Crippen LogP contribution is -1.97. The molecule has 0 spiro atoms. The van der Waals surface area contributed by atoms with E-state index in [0.717, 1.165) is 22.5 Å². The van der Waals surface area contributed by atoms with Crippen LogP contribution in [0.2, 0.25) is 5.02 Å². The van der Waals surface area contributed by atoms with E-state index in [4.69, 9.17) is 21.4 Å². The van der Waals surface area contributed by atoms with Gasteiger partial charge in [-0.15, -0.1) is 11.3 Å². The minimum absolute atomic E-state index is 0.236. The number of aromatic carboxylic acids is 1. The molecule has 3 aromatic carbocycles. The summed E-state index contributed by atoms with van der Waals surface area (Å²) in [6, 6.07) is 21.9. The van der Waals surface area contributed by atoms with Gasteiger partial charge in [0.1, 0.15) is 12.4 Å². The summed E-state index contributed by atoms with van der Waals surface area (Å²) < 4.78 is 6.03. The number of anilines is 2. The van der Waals surface area contributed by atoms with Crippen LogP contribution in [0.25, 0.3) is 11.3 Å². The first-order valence-electron chi connectivity index (χ1n) is 9.11. The average Bonchev–Trinajstić information content (AvgIpc) is 3.22. The zero-order valence-electron chi connectivity index (χ0n) is 15.7. The van der Waals surface area contributed by atoms with Gasteiger partial charge in [0, 0.05) is 21.7 Å². The lowest BCUT2D eigenvalue weighted by Gasteiger charge is -2.11. The van der Waals surface area contributed by atoms with E-state index in [1.54, 1.807) is 30.3 Å². The minimum atomic E-state index is -0.956. The highest BCUT2D eigenvalue weighted by atomic mass is 35.5. The van der Waals surface area contributed by atoms with Gasteiger partial charge in [-0.25, -0.2) is 9.78 Å². The Kier molecular flexibility index (Phi) is 5.97. The SMILES string of the molecule is O=C(O)c1ccc(Nc2nc(-c3cc(Cl)ccc3OCc3ccccc3)cs2)cc1. The Morgan fingerprint density at radius 3 is 2.57 bits per heavy atom. The molecule has 0 aliphatic carbocycles. The normalized spacial score (nSPS) is 10.6. The van der Waals surface area contributed by atoms with Crippen LogP contribution in [0.4, 0.5) is 10.8 Å². The fourth-order valence-electron chi connectivity index (χ4n) is 2.84. The van der Waals surface area contributed by atoms with Crippen LogP contribution in [0.1, 0.15) is 15.9 Å². The first-order valence-corrected chi connectivity index (χ1v) is 10.4. The number of nitrogens with zero attached hydrogens (tertiary/aromatic N) is 1. The van der Waals surface area contributed by atoms with Gasteiger partial charge >= 0.3 is 5.97 Å². The van der Waals surface area contributed by atoms with Crippen LogP contribution >= 0.6 is 22.9 Å². The van der Waals surface area contributed by atoms with Crippen molar-refractivity contribution in [3.8, 4) is 17.0 Å². The third kappa shape index (κ3) is 4.79. The number of halogens is 1. The number of nitrogens with one attached hydrogen (secondary N) is 1. The topological polar surface area (TPSA) is 71.5 Å². The van der Waals surface area contributed by atoms with Gasteiger partial charge in [0.2, 0.25) is 0 Å². The second-order valence-electron chi connectivity index (χ2n) is 6.46. The van der Waals surface area contributed by atoms with E-state index in [1.807, 2.05) is 47.8 Å². The molecule has 1 aromatic heterocycles. The predicted molar refractivity (Wildman–Crippen MR) is 120 cm³/mol. The summed E-state index contributed by atoms with van der Waals surface area (Å²) in [7, 11) is 0. The number of ether oxygens (including phenoxy) is 1.